The monoisotopic (exact) mass is 592 g/mol. The van der Waals surface area contributed by atoms with Crippen molar-refractivity contribution in [2.75, 3.05) is 29.8 Å². The average molecular weight is 593 g/mol. The third-order valence-electron chi connectivity index (χ3n) is 7.40. The Morgan fingerprint density at radius 3 is 2.24 bits per heavy atom. The molecule has 1 N–H and O–H groups in total. The fourth-order valence-corrected chi connectivity index (χ4v) is 7.92. The number of fused-ring (bicyclic) bond motifs is 5. The van der Waals surface area contributed by atoms with Gasteiger partial charge in [0, 0.05) is 35.7 Å². The van der Waals surface area contributed by atoms with Crippen LogP contribution in [-0.4, -0.2) is 37.6 Å². The van der Waals surface area contributed by atoms with Gasteiger partial charge in [-0.05, 0) is 49.4 Å². The number of benzene rings is 4. The molecule has 41 heavy (non-hydrogen) atoms. The summed E-state index contributed by atoms with van der Waals surface area (Å²) >= 11 is 0. The molecule has 0 bridgehead atoms. The molecule has 212 valence electrons. The van der Waals surface area contributed by atoms with E-state index in [4.69, 9.17) is 14.2 Å². The summed E-state index contributed by atoms with van der Waals surface area (Å²) in [6, 6.07) is 23.3. The Balaban J connectivity index is 1.46. The Morgan fingerprint density at radius 2 is 1.56 bits per heavy atom. The Hall–Kier alpha value is -4.22. The topological polar surface area (TPSA) is 111 Å². The summed E-state index contributed by atoms with van der Waals surface area (Å²) in [6.07, 6.45) is -0.523. The zero-order valence-electron chi connectivity index (χ0n) is 22.6. The molecule has 11 heteroatoms. The maximum Gasteiger partial charge on any atom is 0.264 e. The van der Waals surface area contributed by atoms with E-state index in [0.717, 1.165) is 5.56 Å². The largest absolute Gasteiger partial charge is 0.497 e. The van der Waals surface area contributed by atoms with Crippen molar-refractivity contribution in [3.05, 3.63) is 102 Å². The molecule has 0 amide bonds. The molecule has 0 aromatic heterocycles. The van der Waals surface area contributed by atoms with Crippen LogP contribution in [0.2, 0.25) is 0 Å². The highest BCUT2D eigenvalue weighted by atomic mass is 32.2. The molecule has 0 radical (unpaired) electrons. The van der Waals surface area contributed by atoms with E-state index in [9.17, 15) is 16.8 Å². The number of nitrogens with zero attached hydrogens (tertiary/aromatic N) is 1. The van der Waals surface area contributed by atoms with Gasteiger partial charge >= 0.3 is 0 Å². The SMILES string of the molecule is COc1ccc2c(c1)N(S(=O)(=O)c1ccc(C)cc1)C[C@@H]1c3cc(NS(=O)(=O)c4ccccc4)cc(OC)c3O[C@H]21. The van der Waals surface area contributed by atoms with Gasteiger partial charge in [-0.1, -0.05) is 35.9 Å². The first-order valence-corrected chi connectivity index (χ1v) is 15.8. The van der Waals surface area contributed by atoms with Crippen LogP contribution in [0.25, 0.3) is 0 Å². The van der Waals surface area contributed by atoms with Crippen LogP contribution >= 0.6 is 0 Å². The molecule has 2 aliphatic heterocycles. The minimum atomic E-state index is -3.97. The number of anilines is 2. The van der Waals surface area contributed by atoms with Crippen molar-refractivity contribution in [1.29, 1.82) is 0 Å². The number of hydrogen-bond acceptors (Lipinski definition) is 7. The van der Waals surface area contributed by atoms with E-state index >= 15 is 0 Å². The summed E-state index contributed by atoms with van der Waals surface area (Å²) in [7, 11) is -4.85. The summed E-state index contributed by atoms with van der Waals surface area (Å²) in [6.45, 7) is 1.96. The van der Waals surface area contributed by atoms with E-state index in [1.54, 1.807) is 72.8 Å². The third-order valence-corrected chi connectivity index (χ3v) is 10.6. The van der Waals surface area contributed by atoms with Crippen LogP contribution in [0.3, 0.4) is 0 Å². The van der Waals surface area contributed by atoms with Gasteiger partial charge in [-0.15, -0.1) is 0 Å². The molecular weight excluding hydrogens is 564 g/mol. The van der Waals surface area contributed by atoms with Gasteiger partial charge in [0.05, 0.1) is 35.4 Å². The molecular formula is C30H28N2O7S2. The number of nitrogens with one attached hydrogen (secondary N) is 1. The molecule has 0 spiro atoms. The number of ether oxygens (including phenoxy) is 3. The second kappa shape index (κ2) is 10.0. The second-order valence-corrected chi connectivity index (χ2v) is 13.5. The Kier molecular flexibility index (Phi) is 6.58. The van der Waals surface area contributed by atoms with Crippen LogP contribution in [0.1, 0.15) is 28.7 Å². The van der Waals surface area contributed by atoms with Gasteiger partial charge in [-0.2, -0.15) is 0 Å². The van der Waals surface area contributed by atoms with E-state index < -0.39 is 32.1 Å². The van der Waals surface area contributed by atoms with Crippen molar-refractivity contribution in [3.63, 3.8) is 0 Å². The average Bonchev–Trinajstić information content (AvgIpc) is 3.35. The molecule has 0 saturated carbocycles. The third kappa shape index (κ3) is 4.64. The normalized spacial score (nSPS) is 17.6. The molecule has 6 rings (SSSR count). The zero-order chi connectivity index (χ0) is 28.9. The van der Waals surface area contributed by atoms with Gasteiger partial charge in [0.15, 0.2) is 11.5 Å². The standard InChI is InChI=1S/C30H28N2O7S2/c1-19-9-12-23(13-10-19)41(35,36)32-18-26-25-15-20(31-40(33,34)22-7-5-4-6-8-22)16-28(38-3)30(25)39-29(26)24-14-11-21(37-2)17-27(24)32/h4-17,26,29,31H,18H2,1-3H3/t26-,29-/m1/s1. The van der Waals surface area contributed by atoms with E-state index in [1.165, 1.54) is 30.7 Å². The first-order chi connectivity index (χ1) is 19.6. The number of methoxy groups -OCH3 is 2. The number of rotatable bonds is 7. The van der Waals surface area contributed by atoms with Crippen molar-refractivity contribution >= 4 is 31.4 Å². The molecule has 0 aliphatic carbocycles. The van der Waals surface area contributed by atoms with Crippen LogP contribution < -0.4 is 23.2 Å². The van der Waals surface area contributed by atoms with Gasteiger partial charge in [0.2, 0.25) is 0 Å². The minimum absolute atomic E-state index is 0.0616. The summed E-state index contributed by atoms with van der Waals surface area (Å²) in [5.41, 5.74) is 3.00. The van der Waals surface area contributed by atoms with Gasteiger partial charge in [0.1, 0.15) is 11.9 Å². The minimum Gasteiger partial charge on any atom is -0.497 e. The Labute approximate surface area is 239 Å². The molecule has 2 heterocycles. The summed E-state index contributed by atoms with van der Waals surface area (Å²) in [5, 5.41) is 0. The van der Waals surface area contributed by atoms with Crippen LogP contribution in [0.15, 0.2) is 94.7 Å². The van der Waals surface area contributed by atoms with Crippen molar-refractivity contribution in [2.45, 2.75) is 28.7 Å². The van der Waals surface area contributed by atoms with Crippen molar-refractivity contribution in [3.8, 4) is 17.2 Å². The zero-order valence-corrected chi connectivity index (χ0v) is 24.2. The Bertz CT molecular complexity index is 1840. The molecule has 4 aromatic carbocycles. The highest BCUT2D eigenvalue weighted by Crippen LogP contribution is 2.56. The predicted molar refractivity (Wildman–Crippen MR) is 155 cm³/mol. The van der Waals surface area contributed by atoms with E-state index in [-0.39, 0.29) is 22.0 Å². The van der Waals surface area contributed by atoms with Crippen LogP contribution in [0.5, 0.6) is 17.2 Å². The van der Waals surface area contributed by atoms with E-state index in [2.05, 4.69) is 4.72 Å². The van der Waals surface area contributed by atoms with Crippen molar-refractivity contribution in [1.82, 2.24) is 0 Å². The van der Waals surface area contributed by atoms with Gasteiger partial charge in [-0.25, -0.2) is 16.8 Å². The van der Waals surface area contributed by atoms with Gasteiger partial charge in [-0.3, -0.25) is 9.03 Å². The molecule has 4 aromatic rings. The number of aryl methyl sites for hydroxylation is 1. The lowest BCUT2D eigenvalue weighted by molar-refractivity contribution is 0.200. The highest BCUT2D eigenvalue weighted by Gasteiger charge is 2.47. The predicted octanol–water partition coefficient (Wildman–Crippen LogP) is 5.24. The highest BCUT2D eigenvalue weighted by molar-refractivity contribution is 7.93. The quantitative estimate of drug-likeness (QED) is 0.313. The first-order valence-electron chi connectivity index (χ1n) is 12.9. The fourth-order valence-electron chi connectivity index (χ4n) is 5.35. The molecule has 9 nitrogen and oxygen atoms in total. The molecule has 0 unspecified atom stereocenters. The van der Waals surface area contributed by atoms with Gasteiger partial charge < -0.3 is 14.2 Å². The number of hydrogen-bond donors (Lipinski definition) is 1. The van der Waals surface area contributed by atoms with Crippen molar-refractivity contribution < 1.29 is 31.0 Å². The summed E-state index contributed by atoms with van der Waals surface area (Å²) in [4.78, 5) is 0.279. The molecule has 2 aliphatic rings. The van der Waals surface area contributed by atoms with Gasteiger partial charge in [0.25, 0.3) is 20.0 Å². The maximum atomic E-state index is 14.0. The molecule has 0 saturated heterocycles. The maximum absolute atomic E-state index is 14.0. The van der Waals surface area contributed by atoms with Crippen LogP contribution in [0, 0.1) is 6.92 Å². The smallest absolute Gasteiger partial charge is 0.264 e. The Morgan fingerprint density at radius 1 is 0.829 bits per heavy atom. The summed E-state index contributed by atoms with van der Waals surface area (Å²) in [5.74, 6) is 0.852. The molecule has 2 atom stereocenters. The van der Waals surface area contributed by atoms with Crippen molar-refractivity contribution in [2.24, 2.45) is 0 Å². The van der Waals surface area contributed by atoms with Crippen LogP contribution in [-0.2, 0) is 20.0 Å². The fraction of sp³-hybridized carbons (Fsp3) is 0.200. The lowest BCUT2D eigenvalue weighted by Crippen LogP contribution is -2.40. The van der Waals surface area contributed by atoms with E-state index in [1.807, 2.05) is 6.92 Å². The summed E-state index contributed by atoms with van der Waals surface area (Å²) < 4.78 is 75.7. The molecule has 0 fully saturated rings. The number of sulfonamides is 2. The van der Waals surface area contributed by atoms with Crippen LogP contribution in [0.4, 0.5) is 11.4 Å². The second-order valence-electron chi connectivity index (χ2n) is 9.93. The lowest BCUT2D eigenvalue weighted by atomic mass is 9.87. The lowest BCUT2D eigenvalue weighted by Gasteiger charge is -2.36. The first kappa shape index (κ1) is 27.0. The van der Waals surface area contributed by atoms with E-state index in [0.29, 0.717) is 34.1 Å².